The summed E-state index contributed by atoms with van der Waals surface area (Å²) >= 11 is 0. The average Bonchev–Trinajstić information content (AvgIpc) is 3.01. The van der Waals surface area contributed by atoms with E-state index < -0.39 is 5.60 Å². The zero-order valence-electron chi connectivity index (χ0n) is 16.3. The molecule has 4 heterocycles. The van der Waals surface area contributed by atoms with Crippen molar-refractivity contribution < 1.29 is 14.3 Å². The number of nitrogens with zero attached hydrogens (tertiary/aromatic N) is 3. The molecule has 0 aliphatic carbocycles. The van der Waals surface area contributed by atoms with E-state index in [0.29, 0.717) is 25.2 Å². The first-order valence-electron chi connectivity index (χ1n) is 9.43. The molecule has 2 aliphatic rings. The third kappa shape index (κ3) is 3.05. The number of hydrogen-bond donors (Lipinski definition) is 1. The van der Waals surface area contributed by atoms with E-state index in [4.69, 9.17) is 4.74 Å². The lowest BCUT2D eigenvalue weighted by Gasteiger charge is -2.47. The molecule has 27 heavy (non-hydrogen) atoms. The summed E-state index contributed by atoms with van der Waals surface area (Å²) in [4.78, 5) is 36.7. The molecule has 1 N–H and O–H groups in total. The molecular weight excluding hydrogens is 344 g/mol. The first-order chi connectivity index (χ1) is 12.7. The number of hydrogen-bond acceptors (Lipinski definition) is 4. The Kier molecular flexibility index (Phi) is 3.94. The highest BCUT2D eigenvalue weighted by molar-refractivity contribution is 6.08. The fourth-order valence-electron chi connectivity index (χ4n) is 4.02. The van der Waals surface area contributed by atoms with E-state index in [-0.39, 0.29) is 17.5 Å². The molecule has 2 aliphatic heterocycles. The summed E-state index contributed by atoms with van der Waals surface area (Å²) in [5.74, 6) is 0.0442. The van der Waals surface area contributed by atoms with Crippen molar-refractivity contribution in [1.29, 1.82) is 0 Å². The molecule has 144 valence electrons. The molecule has 2 aromatic heterocycles. The number of carbonyl (C=O) groups excluding carboxylic acids is 2. The second-order valence-electron chi connectivity index (χ2n) is 8.75. The van der Waals surface area contributed by atoms with Crippen LogP contribution in [0, 0.1) is 0 Å². The van der Waals surface area contributed by atoms with Gasteiger partial charge in [0.2, 0.25) is 0 Å². The lowest BCUT2D eigenvalue weighted by molar-refractivity contribution is -0.00122. The van der Waals surface area contributed by atoms with Crippen LogP contribution in [0.1, 0.15) is 56.5 Å². The summed E-state index contributed by atoms with van der Waals surface area (Å²) < 4.78 is 5.48. The highest BCUT2D eigenvalue weighted by Gasteiger charge is 2.42. The van der Waals surface area contributed by atoms with E-state index in [1.54, 1.807) is 17.2 Å². The zero-order valence-corrected chi connectivity index (χ0v) is 16.3. The van der Waals surface area contributed by atoms with Crippen LogP contribution in [-0.2, 0) is 11.3 Å². The van der Waals surface area contributed by atoms with Crippen LogP contribution in [0.2, 0.25) is 0 Å². The van der Waals surface area contributed by atoms with Crippen LogP contribution in [-0.4, -0.2) is 56.0 Å². The smallest absolute Gasteiger partial charge is 0.410 e. The molecule has 1 fully saturated rings. The van der Waals surface area contributed by atoms with Gasteiger partial charge in [-0.2, -0.15) is 0 Å². The van der Waals surface area contributed by atoms with E-state index in [9.17, 15) is 9.59 Å². The molecular formula is C20H26N4O3. The number of aromatic amines is 1. The van der Waals surface area contributed by atoms with Gasteiger partial charge >= 0.3 is 6.09 Å². The van der Waals surface area contributed by atoms with Gasteiger partial charge < -0.3 is 19.5 Å². The van der Waals surface area contributed by atoms with E-state index in [1.807, 2.05) is 31.9 Å². The molecule has 1 saturated heterocycles. The maximum absolute atomic E-state index is 13.2. The quantitative estimate of drug-likeness (QED) is 0.835. The van der Waals surface area contributed by atoms with Crippen molar-refractivity contribution >= 4 is 23.0 Å². The molecule has 0 saturated carbocycles. The number of likely N-dealkylation sites (tertiary alicyclic amines) is 1. The standard InChI is InChI=1S/C20H26N4O3/c1-19(2,3)27-18(26)23-9-6-20(4,7-10-23)24-12-13-11-22-16-15(13)14(17(24)25)5-8-21-16/h5,8,11H,6-7,9-10,12H2,1-4H3,(H,21,22). The van der Waals surface area contributed by atoms with Gasteiger partial charge in [0.25, 0.3) is 5.91 Å². The summed E-state index contributed by atoms with van der Waals surface area (Å²) in [7, 11) is 0. The fraction of sp³-hybridized carbons (Fsp3) is 0.550. The highest BCUT2D eigenvalue weighted by Crippen LogP contribution is 2.37. The molecule has 7 nitrogen and oxygen atoms in total. The maximum atomic E-state index is 13.2. The average molecular weight is 370 g/mol. The van der Waals surface area contributed by atoms with Gasteiger partial charge in [-0.1, -0.05) is 0 Å². The second-order valence-corrected chi connectivity index (χ2v) is 8.75. The van der Waals surface area contributed by atoms with Gasteiger partial charge in [-0.15, -0.1) is 0 Å². The van der Waals surface area contributed by atoms with Crippen LogP contribution < -0.4 is 0 Å². The minimum atomic E-state index is -0.502. The molecule has 0 spiro atoms. The van der Waals surface area contributed by atoms with Crippen LogP contribution in [0.15, 0.2) is 18.5 Å². The normalized spacial score (nSPS) is 19.5. The number of nitrogens with one attached hydrogen (secondary N) is 1. The van der Waals surface area contributed by atoms with Crippen molar-refractivity contribution in [2.24, 2.45) is 0 Å². The van der Waals surface area contributed by atoms with Gasteiger partial charge in [0.05, 0.1) is 5.56 Å². The van der Waals surface area contributed by atoms with E-state index >= 15 is 0 Å². The van der Waals surface area contributed by atoms with Crippen LogP contribution in [0.4, 0.5) is 4.79 Å². The van der Waals surface area contributed by atoms with Crippen LogP contribution >= 0.6 is 0 Å². The van der Waals surface area contributed by atoms with Crippen molar-refractivity contribution in [3.8, 4) is 0 Å². The molecule has 7 heteroatoms. The number of ether oxygens (including phenoxy) is 1. The third-order valence-corrected chi connectivity index (χ3v) is 5.60. The lowest BCUT2D eigenvalue weighted by Crippen LogP contribution is -2.57. The number of H-pyrrole nitrogens is 1. The minimum Gasteiger partial charge on any atom is -0.444 e. The topological polar surface area (TPSA) is 78.5 Å². The first kappa shape index (κ1) is 17.8. The Morgan fingerprint density at radius 1 is 1.30 bits per heavy atom. The Morgan fingerprint density at radius 2 is 2.00 bits per heavy atom. The van der Waals surface area contributed by atoms with Crippen LogP contribution in [0.25, 0.3) is 11.0 Å². The SMILES string of the molecule is CC(C)(C)OC(=O)N1CCC(C)(N2Cc3c[nH]c4nccc(c34)C2=O)CC1. The molecule has 2 aromatic rings. The van der Waals surface area contributed by atoms with E-state index in [0.717, 1.165) is 29.4 Å². The number of amides is 2. The Bertz CT molecular complexity index is 904. The molecule has 0 atom stereocenters. The van der Waals surface area contributed by atoms with Crippen LogP contribution in [0.5, 0.6) is 0 Å². The fourth-order valence-corrected chi connectivity index (χ4v) is 4.02. The van der Waals surface area contributed by atoms with E-state index in [2.05, 4.69) is 16.9 Å². The van der Waals surface area contributed by atoms with Crippen molar-refractivity contribution in [3.63, 3.8) is 0 Å². The first-order valence-corrected chi connectivity index (χ1v) is 9.43. The summed E-state index contributed by atoms with van der Waals surface area (Å²) in [5.41, 5.74) is 1.78. The van der Waals surface area contributed by atoms with Crippen molar-refractivity contribution in [2.75, 3.05) is 13.1 Å². The second kappa shape index (κ2) is 5.97. The molecule has 0 radical (unpaired) electrons. The van der Waals surface area contributed by atoms with Gasteiger partial charge in [-0.05, 0) is 52.2 Å². The van der Waals surface area contributed by atoms with E-state index in [1.165, 1.54) is 0 Å². The Balaban J connectivity index is 1.52. The van der Waals surface area contributed by atoms with Crippen molar-refractivity contribution in [3.05, 3.63) is 29.6 Å². The molecule has 4 rings (SSSR count). The summed E-state index contributed by atoms with van der Waals surface area (Å²) in [6.45, 7) is 9.47. The van der Waals surface area contributed by atoms with Gasteiger partial charge in [0.1, 0.15) is 11.2 Å². The lowest BCUT2D eigenvalue weighted by atomic mass is 9.85. The number of pyridine rings is 1. The molecule has 2 amide bonds. The van der Waals surface area contributed by atoms with Gasteiger partial charge in [-0.25, -0.2) is 9.78 Å². The number of rotatable bonds is 1. The Labute approximate surface area is 158 Å². The highest BCUT2D eigenvalue weighted by atomic mass is 16.6. The molecule has 0 aromatic carbocycles. The summed E-state index contributed by atoms with van der Waals surface area (Å²) in [6, 6.07) is 1.80. The minimum absolute atomic E-state index is 0.0442. The Morgan fingerprint density at radius 3 is 2.67 bits per heavy atom. The monoisotopic (exact) mass is 370 g/mol. The van der Waals surface area contributed by atoms with Crippen molar-refractivity contribution in [1.82, 2.24) is 19.8 Å². The van der Waals surface area contributed by atoms with Crippen LogP contribution in [0.3, 0.4) is 0 Å². The predicted molar refractivity (Wildman–Crippen MR) is 101 cm³/mol. The summed E-state index contributed by atoms with van der Waals surface area (Å²) in [5, 5.41) is 0.938. The maximum Gasteiger partial charge on any atom is 0.410 e. The third-order valence-electron chi connectivity index (χ3n) is 5.60. The van der Waals surface area contributed by atoms with Gasteiger partial charge in [0.15, 0.2) is 0 Å². The number of aromatic nitrogens is 2. The Hall–Kier alpha value is -2.57. The van der Waals surface area contributed by atoms with Crippen molar-refractivity contribution in [2.45, 2.75) is 58.2 Å². The molecule has 0 unspecified atom stereocenters. The number of carbonyl (C=O) groups is 2. The largest absolute Gasteiger partial charge is 0.444 e. The number of piperidine rings is 1. The predicted octanol–water partition coefficient (Wildman–Crippen LogP) is 3.31. The molecule has 0 bridgehead atoms. The zero-order chi connectivity index (χ0) is 19.4. The summed E-state index contributed by atoms with van der Waals surface area (Å²) in [6.07, 6.45) is 4.79. The van der Waals surface area contributed by atoms with Gasteiger partial charge in [-0.3, -0.25) is 4.79 Å². The van der Waals surface area contributed by atoms with Gasteiger partial charge in [0, 0.05) is 43.0 Å².